The molecule has 25 heavy (non-hydrogen) atoms. The third kappa shape index (κ3) is 3.17. The maximum absolute atomic E-state index is 11.9. The molecule has 0 saturated carbocycles. The normalized spacial score (nSPS) is 24.4. The minimum atomic E-state index is -0.765. The maximum atomic E-state index is 11.9. The van der Waals surface area contributed by atoms with Crippen LogP contribution in [0.3, 0.4) is 0 Å². The molecular weight excluding hydrogens is 320 g/mol. The zero-order chi connectivity index (χ0) is 17.2. The zero-order valence-electron chi connectivity index (χ0n) is 13.7. The first-order chi connectivity index (χ1) is 12.2. The Kier molecular flexibility index (Phi) is 4.28. The van der Waals surface area contributed by atoms with Crippen molar-refractivity contribution in [1.82, 2.24) is 10.3 Å². The van der Waals surface area contributed by atoms with E-state index in [0.29, 0.717) is 18.0 Å². The smallest absolute Gasteiger partial charge is 0.308 e. The number of nitrogens with zero attached hydrogens (tertiary/aromatic N) is 1. The maximum Gasteiger partial charge on any atom is 0.308 e. The summed E-state index contributed by atoms with van der Waals surface area (Å²) in [6.07, 6.45) is 3.27. The van der Waals surface area contributed by atoms with Gasteiger partial charge in [-0.15, -0.1) is 0 Å². The molecular formula is C19H20N2O4. The molecule has 3 atom stereocenters. The Hall–Kier alpha value is -2.60. The Morgan fingerprint density at radius 3 is 2.92 bits per heavy atom. The topological polar surface area (TPSA) is 80.7 Å². The van der Waals surface area contributed by atoms with Crippen LogP contribution in [-0.2, 0) is 11.2 Å². The van der Waals surface area contributed by atoms with Crippen LogP contribution in [0.15, 0.2) is 42.6 Å². The van der Waals surface area contributed by atoms with E-state index in [1.165, 1.54) is 0 Å². The zero-order valence-corrected chi connectivity index (χ0v) is 13.7. The molecule has 0 amide bonds. The number of hydrogen-bond donors (Lipinski definition) is 2. The van der Waals surface area contributed by atoms with Gasteiger partial charge in [-0.1, -0.05) is 12.1 Å². The number of aromatic nitrogens is 1. The van der Waals surface area contributed by atoms with Crippen molar-refractivity contribution >= 4 is 5.97 Å². The van der Waals surface area contributed by atoms with Gasteiger partial charge in [-0.2, -0.15) is 0 Å². The van der Waals surface area contributed by atoms with Gasteiger partial charge in [-0.3, -0.25) is 9.78 Å². The van der Waals surface area contributed by atoms with Crippen molar-refractivity contribution in [1.29, 1.82) is 0 Å². The molecule has 4 rings (SSSR count). The first-order valence-corrected chi connectivity index (χ1v) is 8.48. The highest BCUT2D eigenvalue weighted by molar-refractivity contribution is 5.73. The van der Waals surface area contributed by atoms with Gasteiger partial charge in [0, 0.05) is 30.4 Å². The van der Waals surface area contributed by atoms with Crippen molar-refractivity contribution in [2.45, 2.75) is 24.8 Å². The minimum Gasteiger partial charge on any atom is -0.481 e. The summed E-state index contributed by atoms with van der Waals surface area (Å²) in [4.78, 5) is 16.2. The second-order valence-electron chi connectivity index (χ2n) is 6.46. The Balaban J connectivity index is 1.50. The van der Waals surface area contributed by atoms with E-state index < -0.39 is 11.9 Å². The van der Waals surface area contributed by atoms with E-state index in [1.807, 2.05) is 36.4 Å². The van der Waals surface area contributed by atoms with E-state index in [2.05, 4.69) is 10.3 Å². The van der Waals surface area contributed by atoms with Crippen LogP contribution in [-0.4, -0.2) is 35.4 Å². The fraction of sp³-hybridized carbons (Fsp3) is 0.368. The van der Waals surface area contributed by atoms with Crippen molar-refractivity contribution in [3.63, 3.8) is 0 Å². The van der Waals surface area contributed by atoms with Crippen LogP contribution < -0.4 is 14.8 Å². The van der Waals surface area contributed by atoms with Crippen molar-refractivity contribution in [3.8, 4) is 11.5 Å². The molecule has 2 N–H and O–H groups in total. The number of nitrogens with one attached hydrogen (secondary N) is 1. The minimum absolute atomic E-state index is 0.0741. The number of benzene rings is 1. The number of aliphatic carboxylic acids is 1. The van der Waals surface area contributed by atoms with Crippen molar-refractivity contribution < 1.29 is 19.4 Å². The number of carbonyl (C=O) groups is 1. The molecule has 1 aromatic heterocycles. The second-order valence-corrected chi connectivity index (χ2v) is 6.46. The summed E-state index contributed by atoms with van der Waals surface area (Å²) in [7, 11) is 0. The summed E-state index contributed by atoms with van der Waals surface area (Å²) < 4.78 is 10.8. The predicted octanol–water partition coefficient (Wildman–Crippen LogP) is 2.20. The Labute approximate surface area is 145 Å². The van der Waals surface area contributed by atoms with Gasteiger partial charge in [0.2, 0.25) is 6.79 Å². The van der Waals surface area contributed by atoms with Gasteiger partial charge >= 0.3 is 5.97 Å². The molecule has 0 spiro atoms. The van der Waals surface area contributed by atoms with Gasteiger partial charge in [0.15, 0.2) is 11.5 Å². The van der Waals surface area contributed by atoms with E-state index in [4.69, 9.17) is 9.47 Å². The van der Waals surface area contributed by atoms with Crippen molar-refractivity contribution in [2.24, 2.45) is 5.92 Å². The molecule has 3 heterocycles. The summed E-state index contributed by atoms with van der Waals surface area (Å²) in [5, 5.41) is 13.2. The highest BCUT2D eigenvalue weighted by Gasteiger charge is 2.41. The first-order valence-electron chi connectivity index (χ1n) is 8.48. The molecule has 2 unspecified atom stereocenters. The fourth-order valence-electron chi connectivity index (χ4n) is 3.76. The van der Waals surface area contributed by atoms with Gasteiger partial charge in [0.05, 0.1) is 5.92 Å². The summed E-state index contributed by atoms with van der Waals surface area (Å²) in [5.41, 5.74) is 1.96. The number of rotatable bonds is 5. The first kappa shape index (κ1) is 15.9. The molecule has 130 valence electrons. The molecule has 1 aromatic carbocycles. The van der Waals surface area contributed by atoms with Crippen molar-refractivity contribution in [2.75, 3.05) is 13.3 Å². The number of fused-ring (bicyclic) bond motifs is 1. The monoisotopic (exact) mass is 340 g/mol. The number of carboxylic acids is 1. The number of ether oxygens (including phenoxy) is 2. The lowest BCUT2D eigenvalue weighted by Crippen LogP contribution is -2.33. The number of hydrogen-bond acceptors (Lipinski definition) is 5. The van der Waals surface area contributed by atoms with Gasteiger partial charge in [0.1, 0.15) is 0 Å². The van der Waals surface area contributed by atoms with Crippen LogP contribution in [0.1, 0.15) is 23.6 Å². The molecule has 0 aliphatic carbocycles. The lowest BCUT2D eigenvalue weighted by Gasteiger charge is -2.20. The predicted molar refractivity (Wildman–Crippen MR) is 90.8 cm³/mol. The van der Waals surface area contributed by atoms with Crippen LogP contribution in [0.4, 0.5) is 0 Å². The van der Waals surface area contributed by atoms with Crippen LogP contribution in [0.5, 0.6) is 11.5 Å². The fourth-order valence-corrected chi connectivity index (χ4v) is 3.76. The van der Waals surface area contributed by atoms with Gasteiger partial charge in [-0.25, -0.2) is 0 Å². The van der Waals surface area contributed by atoms with Crippen molar-refractivity contribution in [3.05, 3.63) is 53.9 Å². The average molecular weight is 340 g/mol. The number of carboxylic acid groups (broad SMARTS) is 1. The van der Waals surface area contributed by atoms with Crippen LogP contribution in [0.25, 0.3) is 0 Å². The molecule has 6 heteroatoms. The summed E-state index contributed by atoms with van der Waals surface area (Å²) in [5.74, 6) is 0.0929. The standard InChI is InChI=1S/C19H20N2O4/c22-19(23)18-14(12-4-7-16-17(9-12)25-11-24-16)10-21-15(18)6-5-13-3-1-2-8-20-13/h1-4,7-9,14-15,18,21H,5-6,10-11H2,(H,22,23)/t14?,15?,18-/m1/s1. The van der Waals surface area contributed by atoms with Crippen LogP contribution in [0, 0.1) is 5.92 Å². The third-order valence-electron chi connectivity index (χ3n) is 5.01. The lowest BCUT2D eigenvalue weighted by atomic mass is 9.83. The molecule has 6 nitrogen and oxygen atoms in total. The quantitative estimate of drug-likeness (QED) is 0.868. The second kappa shape index (κ2) is 6.72. The van der Waals surface area contributed by atoms with Crippen LogP contribution >= 0.6 is 0 Å². The van der Waals surface area contributed by atoms with Crippen LogP contribution in [0.2, 0.25) is 0 Å². The molecule has 1 saturated heterocycles. The number of pyridine rings is 1. The van der Waals surface area contributed by atoms with Gasteiger partial charge in [-0.05, 0) is 42.7 Å². The van der Waals surface area contributed by atoms with E-state index in [-0.39, 0.29) is 18.8 Å². The van der Waals surface area contributed by atoms with E-state index in [0.717, 1.165) is 24.1 Å². The van der Waals surface area contributed by atoms with Gasteiger partial charge in [0.25, 0.3) is 0 Å². The summed E-state index contributed by atoms with van der Waals surface area (Å²) >= 11 is 0. The summed E-state index contributed by atoms with van der Waals surface area (Å²) in [6, 6.07) is 11.4. The molecule has 1 fully saturated rings. The number of aryl methyl sites for hydroxylation is 1. The van der Waals surface area contributed by atoms with Gasteiger partial charge < -0.3 is 19.9 Å². The van der Waals surface area contributed by atoms with E-state index >= 15 is 0 Å². The molecule has 2 aromatic rings. The van der Waals surface area contributed by atoms with E-state index in [1.54, 1.807) is 6.20 Å². The molecule has 2 aliphatic rings. The molecule has 0 bridgehead atoms. The summed E-state index contributed by atoms with van der Waals surface area (Å²) in [6.45, 7) is 0.861. The SMILES string of the molecule is O=C(O)[C@H]1C(CCc2ccccn2)NCC1c1ccc2c(c1)OCO2. The van der Waals surface area contributed by atoms with E-state index in [9.17, 15) is 9.90 Å². The Morgan fingerprint density at radius 1 is 1.24 bits per heavy atom. The lowest BCUT2D eigenvalue weighted by molar-refractivity contribution is -0.142. The largest absolute Gasteiger partial charge is 0.481 e. The Morgan fingerprint density at radius 2 is 2.12 bits per heavy atom. The highest BCUT2D eigenvalue weighted by Crippen LogP contribution is 2.39. The highest BCUT2D eigenvalue weighted by atomic mass is 16.7. The third-order valence-corrected chi connectivity index (χ3v) is 5.01. The Bertz CT molecular complexity index is 765. The molecule has 2 aliphatic heterocycles. The average Bonchev–Trinajstić information content (AvgIpc) is 3.26. The molecule has 0 radical (unpaired) electrons.